The summed E-state index contributed by atoms with van der Waals surface area (Å²) in [5, 5.41) is 12.6. The maximum absolute atomic E-state index is 9.22. The Morgan fingerprint density at radius 3 is 2.67 bits per heavy atom. The highest BCUT2D eigenvalue weighted by Crippen LogP contribution is 2.43. The highest BCUT2D eigenvalue weighted by Gasteiger charge is 2.34. The molecule has 0 atom stereocenters. The van der Waals surface area contributed by atoms with Crippen LogP contribution in [0.15, 0.2) is 6.07 Å². The number of pyridine rings is 1. The van der Waals surface area contributed by atoms with Crippen molar-refractivity contribution in [2.45, 2.75) is 46.5 Å². The maximum Gasteiger partial charge on any atom is 0.144 e. The normalized spacial score (nSPS) is 16.8. The van der Waals surface area contributed by atoms with Crippen LogP contribution >= 0.6 is 0 Å². The van der Waals surface area contributed by atoms with E-state index in [4.69, 9.17) is 0 Å². The molecule has 1 aliphatic rings. The molecule has 96 valence electrons. The second-order valence-corrected chi connectivity index (χ2v) is 5.48. The molecule has 2 rings (SSSR count). The second-order valence-electron chi connectivity index (χ2n) is 5.48. The summed E-state index contributed by atoms with van der Waals surface area (Å²) in [6.07, 6.45) is 5.12. The predicted molar refractivity (Wildman–Crippen MR) is 73.5 cm³/mol. The van der Waals surface area contributed by atoms with E-state index >= 15 is 0 Å². The minimum Gasteiger partial charge on any atom is -0.368 e. The van der Waals surface area contributed by atoms with Crippen LogP contribution in [0.4, 0.5) is 5.82 Å². The fourth-order valence-electron chi connectivity index (χ4n) is 2.71. The first-order chi connectivity index (χ1) is 8.60. The number of nitrogens with zero attached hydrogens (tertiary/aromatic N) is 2. The molecule has 0 unspecified atom stereocenters. The Labute approximate surface area is 109 Å². The van der Waals surface area contributed by atoms with Crippen molar-refractivity contribution in [2.75, 3.05) is 11.9 Å². The van der Waals surface area contributed by atoms with Crippen LogP contribution in [0.1, 0.15) is 49.4 Å². The summed E-state index contributed by atoms with van der Waals surface area (Å²) in [5.74, 6) is 0.759. The molecule has 0 aliphatic heterocycles. The fraction of sp³-hybridized carbons (Fsp3) is 0.600. The first-order valence-corrected chi connectivity index (χ1v) is 6.72. The SMILES string of the molecule is CCC1(CNc2nc(C)cc(C)c2C#N)CCC1. The van der Waals surface area contributed by atoms with Crippen LogP contribution < -0.4 is 5.32 Å². The van der Waals surface area contributed by atoms with Gasteiger partial charge in [-0.15, -0.1) is 0 Å². The Balaban J connectivity index is 2.16. The molecule has 1 aromatic heterocycles. The molecule has 1 aliphatic carbocycles. The monoisotopic (exact) mass is 243 g/mol. The molecule has 0 radical (unpaired) electrons. The Morgan fingerprint density at radius 1 is 1.44 bits per heavy atom. The topological polar surface area (TPSA) is 48.7 Å². The third-order valence-corrected chi connectivity index (χ3v) is 4.25. The van der Waals surface area contributed by atoms with E-state index in [0.717, 1.165) is 23.6 Å². The van der Waals surface area contributed by atoms with Crippen LogP contribution in [0, 0.1) is 30.6 Å². The molecule has 0 amide bonds. The molecule has 0 spiro atoms. The van der Waals surface area contributed by atoms with E-state index in [1.807, 2.05) is 19.9 Å². The number of aromatic nitrogens is 1. The van der Waals surface area contributed by atoms with Crippen molar-refractivity contribution in [2.24, 2.45) is 5.41 Å². The number of aryl methyl sites for hydroxylation is 2. The minimum absolute atomic E-state index is 0.437. The summed E-state index contributed by atoms with van der Waals surface area (Å²) >= 11 is 0. The number of hydrogen-bond donors (Lipinski definition) is 1. The Kier molecular flexibility index (Phi) is 3.56. The number of anilines is 1. The van der Waals surface area contributed by atoms with Gasteiger partial charge in [-0.3, -0.25) is 0 Å². The van der Waals surface area contributed by atoms with Crippen molar-refractivity contribution < 1.29 is 0 Å². The lowest BCUT2D eigenvalue weighted by atomic mass is 9.67. The summed E-state index contributed by atoms with van der Waals surface area (Å²) in [6, 6.07) is 4.22. The lowest BCUT2D eigenvalue weighted by molar-refractivity contribution is 0.145. The third-order valence-electron chi connectivity index (χ3n) is 4.25. The average molecular weight is 243 g/mol. The van der Waals surface area contributed by atoms with Crippen molar-refractivity contribution >= 4 is 5.82 Å². The molecule has 1 saturated carbocycles. The summed E-state index contributed by atoms with van der Waals surface area (Å²) in [4.78, 5) is 4.47. The van der Waals surface area contributed by atoms with Gasteiger partial charge in [-0.25, -0.2) is 4.98 Å². The molecule has 0 aromatic carbocycles. The van der Waals surface area contributed by atoms with Crippen molar-refractivity contribution in [3.05, 3.63) is 22.9 Å². The summed E-state index contributed by atoms with van der Waals surface area (Å²) in [5.41, 5.74) is 3.09. The smallest absolute Gasteiger partial charge is 0.144 e. The zero-order chi connectivity index (χ0) is 13.2. The van der Waals surface area contributed by atoms with Gasteiger partial charge in [0.2, 0.25) is 0 Å². The van der Waals surface area contributed by atoms with Gasteiger partial charge in [-0.2, -0.15) is 5.26 Å². The quantitative estimate of drug-likeness (QED) is 0.879. The molecule has 1 heterocycles. The molecule has 18 heavy (non-hydrogen) atoms. The van der Waals surface area contributed by atoms with E-state index in [1.165, 1.54) is 25.7 Å². The van der Waals surface area contributed by atoms with E-state index in [-0.39, 0.29) is 0 Å². The van der Waals surface area contributed by atoms with Gasteiger partial charge in [0.1, 0.15) is 11.9 Å². The van der Waals surface area contributed by atoms with E-state index in [9.17, 15) is 5.26 Å². The van der Waals surface area contributed by atoms with Gasteiger partial charge < -0.3 is 5.32 Å². The number of nitriles is 1. The lowest BCUT2D eigenvalue weighted by Gasteiger charge is -2.41. The van der Waals surface area contributed by atoms with Gasteiger partial charge in [0.25, 0.3) is 0 Å². The van der Waals surface area contributed by atoms with Crippen LogP contribution in [0.3, 0.4) is 0 Å². The Bertz CT molecular complexity index is 476. The number of nitrogens with one attached hydrogen (secondary N) is 1. The molecule has 3 heteroatoms. The highest BCUT2D eigenvalue weighted by atomic mass is 15.0. The van der Waals surface area contributed by atoms with Gasteiger partial charge in [0.05, 0.1) is 5.56 Å². The third kappa shape index (κ3) is 2.33. The van der Waals surface area contributed by atoms with Crippen LogP contribution in [-0.4, -0.2) is 11.5 Å². The van der Waals surface area contributed by atoms with Crippen LogP contribution in [0.25, 0.3) is 0 Å². The van der Waals surface area contributed by atoms with Crippen molar-refractivity contribution in [3.8, 4) is 6.07 Å². The van der Waals surface area contributed by atoms with Crippen LogP contribution in [0.5, 0.6) is 0 Å². The van der Waals surface area contributed by atoms with Gasteiger partial charge in [-0.05, 0) is 50.2 Å². The van der Waals surface area contributed by atoms with E-state index in [0.29, 0.717) is 11.0 Å². The molecule has 1 aromatic rings. The predicted octanol–water partition coefficient (Wildman–Crippen LogP) is 3.56. The molecule has 3 nitrogen and oxygen atoms in total. The van der Waals surface area contributed by atoms with Crippen molar-refractivity contribution in [1.82, 2.24) is 4.98 Å². The van der Waals surface area contributed by atoms with Crippen molar-refractivity contribution in [1.29, 1.82) is 5.26 Å². The first kappa shape index (κ1) is 12.9. The molecular weight excluding hydrogens is 222 g/mol. The van der Waals surface area contributed by atoms with Crippen LogP contribution in [-0.2, 0) is 0 Å². The van der Waals surface area contributed by atoms with Gasteiger partial charge >= 0.3 is 0 Å². The Hall–Kier alpha value is -1.56. The number of rotatable bonds is 4. The summed E-state index contributed by atoms with van der Waals surface area (Å²) in [6.45, 7) is 7.13. The number of hydrogen-bond acceptors (Lipinski definition) is 3. The average Bonchev–Trinajstić information content (AvgIpc) is 2.27. The van der Waals surface area contributed by atoms with E-state index < -0.39 is 0 Å². The molecule has 1 N–H and O–H groups in total. The Morgan fingerprint density at radius 2 is 2.17 bits per heavy atom. The molecular formula is C15H21N3. The molecule has 1 fully saturated rings. The molecule has 0 bridgehead atoms. The van der Waals surface area contributed by atoms with E-state index in [2.05, 4.69) is 23.3 Å². The van der Waals surface area contributed by atoms with E-state index in [1.54, 1.807) is 0 Å². The summed E-state index contributed by atoms with van der Waals surface area (Å²) in [7, 11) is 0. The standard InChI is InChI=1S/C15H21N3/c1-4-15(6-5-7-15)10-17-14-13(9-16)11(2)8-12(3)18-14/h8H,4-7,10H2,1-3H3,(H,17,18). The molecule has 0 saturated heterocycles. The van der Waals surface area contributed by atoms with Crippen molar-refractivity contribution in [3.63, 3.8) is 0 Å². The zero-order valence-electron chi connectivity index (χ0n) is 11.5. The fourth-order valence-corrected chi connectivity index (χ4v) is 2.71. The van der Waals surface area contributed by atoms with Gasteiger partial charge in [0.15, 0.2) is 0 Å². The van der Waals surface area contributed by atoms with Crippen LogP contribution in [0.2, 0.25) is 0 Å². The lowest BCUT2D eigenvalue weighted by Crippen LogP contribution is -2.36. The minimum atomic E-state index is 0.437. The highest BCUT2D eigenvalue weighted by molar-refractivity contribution is 5.56. The summed E-state index contributed by atoms with van der Waals surface area (Å²) < 4.78 is 0. The first-order valence-electron chi connectivity index (χ1n) is 6.72. The van der Waals surface area contributed by atoms with Gasteiger partial charge in [-0.1, -0.05) is 13.3 Å². The maximum atomic E-state index is 9.22. The largest absolute Gasteiger partial charge is 0.368 e. The van der Waals surface area contributed by atoms with Gasteiger partial charge in [0, 0.05) is 12.2 Å². The second kappa shape index (κ2) is 4.97. The zero-order valence-corrected chi connectivity index (χ0v) is 11.5.